The van der Waals surface area contributed by atoms with E-state index in [2.05, 4.69) is 46.2 Å². The minimum absolute atomic E-state index is 0.727. The second-order valence-electron chi connectivity index (χ2n) is 4.56. The first-order valence-corrected chi connectivity index (χ1v) is 6.98. The van der Waals surface area contributed by atoms with Crippen molar-refractivity contribution < 1.29 is 4.57 Å². The molecular weight excluding hydrogens is 250 g/mol. The SMILES string of the molecule is CCNc1nc(N(CC)c2ccccc2)nc(C)[n+]1C. The second-order valence-corrected chi connectivity index (χ2v) is 4.56. The van der Waals surface area contributed by atoms with Crippen LogP contribution < -0.4 is 14.8 Å². The van der Waals surface area contributed by atoms with Gasteiger partial charge in [0.05, 0.1) is 7.05 Å². The Kier molecular flexibility index (Phi) is 4.50. The first-order chi connectivity index (χ1) is 9.67. The first-order valence-electron chi connectivity index (χ1n) is 6.98. The van der Waals surface area contributed by atoms with Crippen LogP contribution in [0.15, 0.2) is 30.3 Å². The predicted octanol–water partition coefficient (Wildman–Crippen LogP) is 2.20. The molecule has 2 rings (SSSR count). The highest BCUT2D eigenvalue weighted by Crippen LogP contribution is 2.21. The molecule has 0 spiro atoms. The Morgan fingerprint density at radius 1 is 1.15 bits per heavy atom. The van der Waals surface area contributed by atoms with E-state index in [9.17, 15) is 0 Å². The van der Waals surface area contributed by atoms with Crippen LogP contribution in [0.25, 0.3) is 0 Å². The molecule has 20 heavy (non-hydrogen) atoms. The number of nitrogens with one attached hydrogen (secondary N) is 1. The normalized spacial score (nSPS) is 10.4. The van der Waals surface area contributed by atoms with Crippen molar-refractivity contribution in [3.05, 3.63) is 36.2 Å². The van der Waals surface area contributed by atoms with Gasteiger partial charge in [0, 0.05) is 25.7 Å². The molecule has 0 aliphatic heterocycles. The van der Waals surface area contributed by atoms with E-state index in [0.717, 1.165) is 36.5 Å². The van der Waals surface area contributed by atoms with E-state index in [4.69, 9.17) is 0 Å². The van der Waals surface area contributed by atoms with Gasteiger partial charge in [-0.1, -0.05) is 28.2 Å². The number of para-hydroxylation sites is 1. The quantitative estimate of drug-likeness (QED) is 0.848. The van der Waals surface area contributed by atoms with E-state index in [0.29, 0.717) is 0 Å². The number of rotatable bonds is 5. The number of nitrogens with zero attached hydrogens (tertiary/aromatic N) is 4. The number of hydrogen-bond donors (Lipinski definition) is 1. The zero-order valence-corrected chi connectivity index (χ0v) is 12.6. The van der Waals surface area contributed by atoms with Crippen LogP contribution in [0.4, 0.5) is 17.6 Å². The van der Waals surface area contributed by atoms with E-state index in [1.807, 2.05) is 36.7 Å². The minimum atomic E-state index is 0.727. The highest BCUT2D eigenvalue weighted by atomic mass is 15.3. The Bertz CT molecular complexity index is 568. The fourth-order valence-corrected chi connectivity index (χ4v) is 2.05. The average Bonchev–Trinajstić information content (AvgIpc) is 2.46. The first kappa shape index (κ1) is 14.2. The summed E-state index contributed by atoms with van der Waals surface area (Å²) in [5.41, 5.74) is 1.10. The van der Waals surface area contributed by atoms with Crippen LogP contribution in [0.3, 0.4) is 0 Å². The van der Waals surface area contributed by atoms with Gasteiger partial charge in [-0.25, -0.2) is 4.57 Å². The molecule has 5 nitrogen and oxygen atoms in total. The zero-order chi connectivity index (χ0) is 14.5. The van der Waals surface area contributed by atoms with E-state index in [1.54, 1.807) is 0 Å². The summed E-state index contributed by atoms with van der Waals surface area (Å²) < 4.78 is 1.96. The lowest BCUT2D eigenvalue weighted by molar-refractivity contribution is -0.669. The molecule has 106 valence electrons. The van der Waals surface area contributed by atoms with E-state index in [1.165, 1.54) is 0 Å². The van der Waals surface area contributed by atoms with E-state index < -0.39 is 0 Å². The highest BCUT2D eigenvalue weighted by molar-refractivity contribution is 5.57. The Labute approximate surface area is 120 Å². The van der Waals surface area contributed by atoms with Gasteiger partial charge in [0.1, 0.15) is 0 Å². The largest absolute Gasteiger partial charge is 0.351 e. The van der Waals surface area contributed by atoms with Gasteiger partial charge in [-0.3, -0.25) is 10.2 Å². The summed E-state index contributed by atoms with van der Waals surface area (Å²) in [6.07, 6.45) is 0. The molecule has 5 heteroatoms. The lowest BCUT2D eigenvalue weighted by Crippen LogP contribution is -2.39. The molecule has 0 fully saturated rings. The molecule has 0 radical (unpaired) electrons. The maximum Gasteiger partial charge on any atom is 0.351 e. The number of anilines is 3. The van der Waals surface area contributed by atoms with Crippen LogP contribution in [-0.2, 0) is 7.05 Å². The molecule has 0 aliphatic rings. The topological polar surface area (TPSA) is 44.9 Å². The second kappa shape index (κ2) is 6.32. The van der Waals surface area contributed by atoms with Crippen molar-refractivity contribution in [1.29, 1.82) is 0 Å². The molecule has 1 aromatic carbocycles. The summed E-state index contributed by atoms with van der Waals surface area (Å²) in [4.78, 5) is 11.3. The van der Waals surface area contributed by atoms with Crippen LogP contribution in [0.1, 0.15) is 19.7 Å². The number of benzene rings is 1. The Hall–Kier alpha value is -2.17. The summed E-state index contributed by atoms with van der Waals surface area (Å²) in [6, 6.07) is 10.2. The van der Waals surface area contributed by atoms with Crippen LogP contribution in [0.2, 0.25) is 0 Å². The molecule has 0 bridgehead atoms. The van der Waals surface area contributed by atoms with Crippen molar-refractivity contribution in [3.63, 3.8) is 0 Å². The zero-order valence-electron chi connectivity index (χ0n) is 12.6. The predicted molar refractivity (Wildman–Crippen MR) is 81.2 cm³/mol. The number of aryl methyl sites for hydroxylation is 1. The fourth-order valence-electron chi connectivity index (χ4n) is 2.05. The third-order valence-electron chi connectivity index (χ3n) is 3.23. The van der Waals surface area contributed by atoms with Crippen LogP contribution in [0, 0.1) is 6.92 Å². The van der Waals surface area contributed by atoms with Gasteiger partial charge in [0.2, 0.25) is 5.82 Å². The molecule has 0 aliphatic carbocycles. The highest BCUT2D eigenvalue weighted by Gasteiger charge is 2.20. The van der Waals surface area contributed by atoms with Crippen LogP contribution in [-0.4, -0.2) is 23.1 Å². The van der Waals surface area contributed by atoms with Crippen molar-refractivity contribution in [1.82, 2.24) is 9.97 Å². The van der Waals surface area contributed by atoms with Crippen molar-refractivity contribution >= 4 is 17.6 Å². The molecule has 1 N–H and O–H groups in total. The molecule has 0 saturated carbocycles. The molecule has 0 amide bonds. The average molecular weight is 272 g/mol. The standard InChI is InChI=1S/C15H21N5/c1-5-16-14-18-15(17-12(3)19(14)4)20(6-2)13-10-8-7-9-11-13/h7-11H,5-6H2,1-4H3/p+1. The Morgan fingerprint density at radius 3 is 2.45 bits per heavy atom. The fraction of sp³-hybridized carbons (Fsp3) is 0.400. The summed E-state index contributed by atoms with van der Waals surface area (Å²) >= 11 is 0. The number of aromatic nitrogens is 3. The van der Waals surface area contributed by atoms with Gasteiger partial charge in [0.15, 0.2) is 0 Å². The molecule has 0 saturated heterocycles. The van der Waals surface area contributed by atoms with Gasteiger partial charge in [0.25, 0.3) is 0 Å². The van der Waals surface area contributed by atoms with Crippen LogP contribution in [0.5, 0.6) is 0 Å². The number of hydrogen-bond acceptors (Lipinski definition) is 4. The molecule has 2 aromatic rings. The third kappa shape index (κ3) is 2.87. The monoisotopic (exact) mass is 272 g/mol. The molecule has 0 atom stereocenters. The lowest BCUT2D eigenvalue weighted by Gasteiger charge is -2.18. The van der Waals surface area contributed by atoms with Gasteiger partial charge in [-0.05, 0) is 26.0 Å². The van der Waals surface area contributed by atoms with Crippen molar-refractivity contribution in [2.45, 2.75) is 20.8 Å². The Balaban J connectivity index is 2.45. The molecule has 1 heterocycles. The maximum absolute atomic E-state index is 4.64. The summed E-state index contributed by atoms with van der Waals surface area (Å²) in [6.45, 7) is 7.81. The van der Waals surface area contributed by atoms with Gasteiger partial charge >= 0.3 is 11.9 Å². The van der Waals surface area contributed by atoms with Crippen molar-refractivity contribution in [3.8, 4) is 0 Å². The lowest BCUT2D eigenvalue weighted by atomic mass is 10.3. The van der Waals surface area contributed by atoms with Crippen molar-refractivity contribution in [2.75, 3.05) is 23.3 Å². The smallest absolute Gasteiger partial charge is 0.295 e. The third-order valence-corrected chi connectivity index (χ3v) is 3.23. The van der Waals surface area contributed by atoms with Gasteiger partial charge < -0.3 is 0 Å². The molecule has 0 unspecified atom stereocenters. The van der Waals surface area contributed by atoms with Gasteiger partial charge in [-0.2, -0.15) is 0 Å². The summed E-state index contributed by atoms with van der Waals surface area (Å²) in [5, 5.41) is 3.27. The van der Waals surface area contributed by atoms with Crippen LogP contribution >= 0.6 is 0 Å². The summed E-state index contributed by atoms with van der Waals surface area (Å²) in [7, 11) is 1.97. The molecule has 1 aromatic heterocycles. The molecular formula is C15H22N5+. The van der Waals surface area contributed by atoms with Crippen molar-refractivity contribution in [2.24, 2.45) is 7.05 Å². The van der Waals surface area contributed by atoms with E-state index >= 15 is 0 Å². The minimum Gasteiger partial charge on any atom is -0.295 e. The van der Waals surface area contributed by atoms with Gasteiger partial charge in [-0.15, -0.1) is 0 Å². The maximum atomic E-state index is 4.64. The summed E-state index contributed by atoms with van der Waals surface area (Å²) in [5.74, 6) is 2.50. The van der Waals surface area contributed by atoms with E-state index in [-0.39, 0.29) is 0 Å². The Morgan fingerprint density at radius 2 is 1.85 bits per heavy atom.